The summed E-state index contributed by atoms with van der Waals surface area (Å²) >= 11 is 0. The first-order chi connectivity index (χ1) is 9.79. The van der Waals surface area contributed by atoms with Crippen molar-refractivity contribution in [2.45, 2.75) is 13.2 Å². The van der Waals surface area contributed by atoms with Gasteiger partial charge in [-0.2, -0.15) is 0 Å². The molecule has 0 spiro atoms. The number of esters is 1. The summed E-state index contributed by atoms with van der Waals surface area (Å²) in [5.41, 5.74) is 0.0535. The number of carbonyl (C=O) groups is 1. The lowest BCUT2D eigenvalue weighted by molar-refractivity contribution is -0.470. The van der Waals surface area contributed by atoms with Crippen molar-refractivity contribution >= 4 is 11.7 Å². The molecule has 0 aliphatic carbocycles. The maximum atomic E-state index is 11.6. The third-order valence-corrected chi connectivity index (χ3v) is 2.35. The fourth-order valence-electron chi connectivity index (χ4n) is 1.43. The van der Waals surface area contributed by atoms with Gasteiger partial charge < -0.3 is 9.84 Å². The first kappa shape index (κ1) is 16.2. The zero-order valence-corrected chi connectivity index (χ0v) is 11.0. The van der Waals surface area contributed by atoms with Gasteiger partial charge >= 0.3 is 5.97 Å². The molecule has 0 amide bonds. The number of aliphatic hydroxyl groups excluding tert-OH is 1. The van der Waals surface area contributed by atoms with Gasteiger partial charge in [-0.05, 0) is 30.7 Å². The minimum Gasteiger partial charge on any atom is -0.429 e. The van der Waals surface area contributed by atoms with Gasteiger partial charge in [0.05, 0.1) is 10.5 Å². The Kier molecular flexibility index (Phi) is 5.49. The van der Waals surface area contributed by atoms with E-state index in [1.165, 1.54) is 19.1 Å². The van der Waals surface area contributed by atoms with Gasteiger partial charge in [0.2, 0.25) is 12.8 Å². The second kappa shape index (κ2) is 7.10. The Morgan fingerprint density at radius 1 is 1.33 bits per heavy atom. The second-order valence-electron chi connectivity index (χ2n) is 4.10. The van der Waals surface area contributed by atoms with E-state index in [1.807, 2.05) is 0 Å². The number of aliphatic hydroxyl groups is 1. The number of benzene rings is 1. The van der Waals surface area contributed by atoms with E-state index in [0.717, 1.165) is 18.2 Å². The molecule has 21 heavy (non-hydrogen) atoms. The molecule has 0 aliphatic heterocycles. The third kappa shape index (κ3) is 5.37. The molecular weight excluding hydrogens is 284 g/mol. The SMILES string of the molecule is C/C(=C\C(O)OC(=O)c1ccc([N+](=O)[O-])cc1)C[N+](=O)[O-]. The van der Waals surface area contributed by atoms with E-state index in [1.54, 1.807) is 0 Å². The van der Waals surface area contributed by atoms with Gasteiger partial charge in [-0.3, -0.25) is 20.2 Å². The highest BCUT2D eigenvalue weighted by Crippen LogP contribution is 2.13. The van der Waals surface area contributed by atoms with Crippen molar-refractivity contribution in [1.82, 2.24) is 0 Å². The number of ether oxygens (including phenoxy) is 1. The number of carbonyl (C=O) groups excluding carboxylic acids is 1. The molecule has 0 saturated heterocycles. The number of nitro benzene ring substituents is 1. The highest BCUT2D eigenvalue weighted by atomic mass is 16.6. The highest BCUT2D eigenvalue weighted by molar-refractivity contribution is 5.89. The zero-order chi connectivity index (χ0) is 16.0. The van der Waals surface area contributed by atoms with Crippen LogP contribution < -0.4 is 0 Å². The summed E-state index contributed by atoms with van der Waals surface area (Å²) in [7, 11) is 0. The Hall–Kier alpha value is -2.81. The molecule has 112 valence electrons. The van der Waals surface area contributed by atoms with Gasteiger partial charge in [0, 0.05) is 17.1 Å². The zero-order valence-electron chi connectivity index (χ0n) is 11.0. The Morgan fingerprint density at radius 3 is 2.38 bits per heavy atom. The lowest BCUT2D eigenvalue weighted by Crippen LogP contribution is -2.17. The summed E-state index contributed by atoms with van der Waals surface area (Å²) in [4.78, 5) is 31.1. The quantitative estimate of drug-likeness (QED) is 0.275. The van der Waals surface area contributed by atoms with Crippen molar-refractivity contribution < 1.29 is 24.5 Å². The van der Waals surface area contributed by atoms with E-state index in [-0.39, 0.29) is 16.8 Å². The van der Waals surface area contributed by atoms with Crippen LogP contribution in [0, 0.1) is 20.2 Å². The second-order valence-corrected chi connectivity index (χ2v) is 4.10. The molecule has 0 heterocycles. The minimum absolute atomic E-state index is 0.0139. The van der Waals surface area contributed by atoms with E-state index in [2.05, 4.69) is 4.74 Å². The summed E-state index contributed by atoms with van der Waals surface area (Å²) < 4.78 is 4.64. The maximum Gasteiger partial charge on any atom is 0.340 e. The first-order valence-electron chi connectivity index (χ1n) is 5.72. The Morgan fingerprint density at radius 2 is 1.90 bits per heavy atom. The summed E-state index contributed by atoms with van der Waals surface area (Å²) in [5.74, 6) is -0.900. The Bertz CT molecular complexity index is 580. The topological polar surface area (TPSA) is 133 Å². The van der Waals surface area contributed by atoms with E-state index in [9.17, 15) is 30.1 Å². The number of non-ortho nitro benzene ring substituents is 1. The molecule has 1 atom stereocenters. The normalized spacial score (nSPS) is 12.6. The van der Waals surface area contributed by atoms with Crippen molar-refractivity contribution in [3.8, 4) is 0 Å². The van der Waals surface area contributed by atoms with Gasteiger partial charge in [-0.15, -0.1) is 0 Å². The molecule has 9 heteroatoms. The highest BCUT2D eigenvalue weighted by Gasteiger charge is 2.14. The molecular formula is C12H12N2O7. The maximum absolute atomic E-state index is 11.6. The lowest BCUT2D eigenvalue weighted by atomic mass is 10.2. The minimum atomic E-state index is -1.63. The molecule has 0 radical (unpaired) electrons. The molecule has 0 aliphatic rings. The van der Waals surface area contributed by atoms with Gasteiger partial charge in [-0.1, -0.05) is 0 Å². The van der Waals surface area contributed by atoms with Crippen LogP contribution in [0.25, 0.3) is 0 Å². The van der Waals surface area contributed by atoms with Crippen molar-refractivity contribution in [2.24, 2.45) is 0 Å². The molecule has 0 saturated carbocycles. The van der Waals surface area contributed by atoms with Crippen LogP contribution in [-0.4, -0.2) is 33.8 Å². The standard InChI is InChI=1S/C12H12N2O7/c1-8(7-13(17)18)6-11(15)21-12(16)9-2-4-10(5-3-9)14(19)20/h2-6,11,15H,7H2,1H3/b8-6+. The van der Waals surface area contributed by atoms with Gasteiger partial charge in [-0.25, -0.2) is 4.79 Å². The molecule has 1 unspecified atom stereocenters. The molecule has 9 nitrogen and oxygen atoms in total. The number of rotatable bonds is 6. The fraction of sp³-hybridized carbons (Fsp3) is 0.250. The van der Waals surface area contributed by atoms with E-state index < -0.39 is 28.7 Å². The van der Waals surface area contributed by atoms with Gasteiger partial charge in [0.25, 0.3) is 5.69 Å². The predicted octanol–water partition coefficient (Wildman–Crippen LogP) is 1.29. The van der Waals surface area contributed by atoms with Crippen LogP contribution in [0.1, 0.15) is 17.3 Å². The lowest BCUT2D eigenvalue weighted by Gasteiger charge is -2.08. The van der Waals surface area contributed by atoms with Gasteiger partial charge in [0.15, 0.2) is 0 Å². The van der Waals surface area contributed by atoms with Crippen molar-refractivity contribution in [2.75, 3.05) is 6.54 Å². The molecule has 0 fully saturated rings. The van der Waals surface area contributed by atoms with Gasteiger partial charge in [0.1, 0.15) is 0 Å². The number of nitro groups is 2. The van der Waals surface area contributed by atoms with Crippen LogP contribution >= 0.6 is 0 Å². The third-order valence-electron chi connectivity index (χ3n) is 2.35. The predicted molar refractivity (Wildman–Crippen MR) is 70.1 cm³/mol. The van der Waals surface area contributed by atoms with Crippen LogP contribution in [0.4, 0.5) is 5.69 Å². The average molecular weight is 296 g/mol. The molecule has 1 rings (SSSR count). The van der Waals surface area contributed by atoms with Crippen LogP contribution in [0.2, 0.25) is 0 Å². The summed E-state index contributed by atoms with van der Waals surface area (Å²) in [5, 5.41) is 30.2. The number of hydrogen-bond acceptors (Lipinski definition) is 7. The molecule has 0 bridgehead atoms. The monoisotopic (exact) mass is 296 g/mol. The summed E-state index contributed by atoms with van der Waals surface area (Å²) in [6, 6.07) is 4.61. The largest absolute Gasteiger partial charge is 0.429 e. The first-order valence-corrected chi connectivity index (χ1v) is 5.72. The number of nitrogens with zero attached hydrogens (tertiary/aromatic N) is 2. The van der Waals surface area contributed by atoms with Crippen LogP contribution in [0.5, 0.6) is 0 Å². The average Bonchev–Trinajstić information content (AvgIpc) is 2.37. The van der Waals surface area contributed by atoms with E-state index in [0.29, 0.717) is 0 Å². The van der Waals surface area contributed by atoms with Crippen LogP contribution in [-0.2, 0) is 4.74 Å². The van der Waals surface area contributed by atoms with Crippen LogP contribution in [0.3, 0.4) is 0 Å². The molecule has 1 N–H and O–H groups in total. The van der Waals surface area contributed by atoms with E-state index >= 15 is 0 Å². The Labute approximate surface area is 118 Å². The van der Waals surface area contributed by atoms with E-state index in [4.69, 9.17) is 0 Å². The van der Waals surface area contributed by atoms with Crippen LogP contribution in [0.15, 0.2) is 35.9 Å². The van der Waals surface area contributed by atoms with Crippen molar-refractivity contribution in [3.05, 3.63) is 61.7 Å². The number of hydrogen-bond donors (Lipinski definition) is 1. The van der Waals surface area contributed by atoms with Crippen molar-refractivity contribution in [1.29, 1.82) is 0 Å². The van der Waals surface area contributed by atoms with Crippen molar-refractivity contribution in [3.63, 3.8) is 0 Å². The molecule has 1 aromatic rings. The fourth-order valence-corrected chi connectivity index (χ4v) is 1.43. The smallest absolute Gasteiger partial charge is 0.340 e. The molecule has 1 aromatic carbocycles. The molecule has 0 aromatic heterocycles. The Balaban J connectivity index is 2.68. The summed E-state index contributed by atoms with van der Waals surface area (Å²) in [6.07, 6.45) is -0.598. The summed E-state index contributed by atoms with van der Waals surface area (Å²) in [6.45, 7) is 0.928.